The van der Waals surface area contributed by atoms with E-state index < -0.39 is 5.41 Å². The summed E-state index contributed by atoms with van der Waals surface area (Å²) in [7, 11) is 0. The van der Waals surface area contributed by atoms with Crippen LogP contribution in [0.1, 0.15) is 26.0 Å². The van der Waals surface area contributed by atoms with Crippen molar-refractivity contribution in [3.05, 3.63) is 72.8 Å². The van der Waals surface area contributed by atoms with Crippen LogP contribution in [0.15, 0.2) is 71.6 Å². The number of benzene rings is 1. The number of carbonyl (C=O) groups is 1. The largest absolute Gasteiger partial charge is 0.354 e. The fraction of sp³-hybridized carbons (Fsp3) is 0.240. The number of nitrogens with zero attached hydrogens (tertiary/aromatic N) is 5. The average molecular weight is 425 g/mol. The molecule has 0 radical (unpaired) electrons. The zero-order valence-electron chi connectivity index (χ0n) is 18.0. The summed E-state index contributed by atoms with van der Waals surface area (Å²) in [6.07, 6.45) is 6.12. The van der Waals surface area contributed by atoms with E-state index in [4.69, 9.17) is 9.51 Å². The summed E-state index contributed by atoms with van der Waals surface area (Å²) in [5.74, 6) is 0.643. The molecule has 0 aliphatic carbocycles. The second-order valence-electron chi connectivity index (χ2n) is 8.43. The Balaban J connectivity index is 1.45. The van der Waals surface area contributed by atoms with Gasteiger partial charge in [0.1, 0.15) is 11.4 Å². The van der Waals surface area contributed by atoms with Crippen LogP contribution in [0.4, 0.5) is 0 Å². The van der Waals surface area contributed by atoms with Crippen LogP contribution in [0.5, 0.6) is 0 Å². The summed E-state index contributed by atoms with van der Waals surface area (Å²) in [6.45, 7) is 5.47. The highest BCUT2D eigenvalue weighted by molar-refractivity contribution is 5.87. The topological polar surface area (TPSA) is 85.0 Å². The molecule has 1 fully saturated rings. The van der Waals surface area contributed by atoms with Gasteiger partial charge in [0, 0.05) is 36.5 Å². The third kappa shape index (κ3) is 3.66. The lowest BCUT2D eigenvalue weighted by Crippen LogP contribution is -2.50. The van der Waals surface area contributed by atoms with E-state index in [0.717, 1.165) is 36.3 Å². The van der Waals surface area contributed by atoms with Crippen molar-refractivity contribution in [2.24, 2.45) is 0 Å². The number of rotatable bonds is 5. The van der Waals surface area contributed by atoms with Gasteiger partial charge in [0.05, 0.1) is 29.2 Å². The fourth-order valence-corrected chi connectivity index (χ4v) is 3.72. The molecule has 160 valence electrons. The maximum absolute atomic E-state index is 12.9. The standard InChI is InChI=1S/C25H23N5O2/c1-25(2,24(31)30-11-6-12-30)23-13-18(9-10-27-23)20-15-26-16-21(28-20)22-14-19(29-32-22)17-7-4-3-5-8-17/h3-5,7-10,13-16H,6,11-12H2,1-2H3. The fourth-order valence-electron chi connectivity index (χ4n) is 3.72. The van der Waals surface area contributed by atoms with E-state index in [1.165, 1.54) is 0 Å². The zero-order chi connectivity index (χ0) is 22.1. The van der Waals surface area contributed by atoms with Crippen molar-refractivity contribution < 1.29 is 9.32 Å². The molecule has 1 saturated heterocycles. The van der Waals surface area contributed by atoms with Gasteiger partial charge in [-0.1, -0.05) is 35.5 Å². The SMILES string of the molecule is CC(C)(C(=O)N1CCC1)c1cc(-c2cncc(-c3cc(-c4ccccc4)no3)n2)ccn1. The van der Waals surface area contributed by atoms with Crippen LogP contribution in [-0.4, -0.2) is 44.0 Å². The van der Waals surface area contributed by atoms with Crippen LogP contribution in [-0.2, 0) is 10.2 Å². The number of carbonyl (C=O) groups excluding carboxylic acids is 1. The predicted octanol–water partition coefficient (Wildman–Crippen LogP) is 4.37. The van der Waals surface area contributed by atoms with E-state index >= 15 is 0 Å². The Morgan fingerprint density at radius 3 is 2.50 bits per heavy atom. The molecule has 1 aliphatic rings. The third-order valence-corrected chi connectivity index (χ3v) is 5.84. The van der Waals surface area contributed by atoms with E-state index in [1.807, 2.05) is 67.3 Å². The van der Waals surface area contributed by atoms with Crippen LogP contribution in [0.25, 0.3) is 34.0 Å². The first-order chi connectivity index (χ1) is 15.5. The lowest BCUT2D eigenvalue weighted by molar-refractivity contribution is -0.139. The summed E-state index contributed by atoms with van der Waals surface area (Å²) < 4.78 is 5.54. The molecule has 0 atom stereocenters. The molecule has 0 unspecified atom stereocenters. The number of hydrogen-bond acceptors (Lipinski definition) is 6. The molecule has 0 spiro atoms. The maximum atomic E-state index is 12.9. The molecule has 1 aromatic carbocycles. The lowest BCUT2D eigenvalue weighted by atomic mass is 9.85. The van der Waals surface area contributed by atoms with Crippen molar-refractivity contribution in [3.8, 4) is 34.0 Å². The van der Waals surface area contributed by atoms with Gasteiger partial charge in [0.2, 0.25) is 5.91 Å². The first-order valence-electron chi connectivity index (χ1n) is 10.6. The van der Waals surface area contributed by atoms with E-state index in [-0.39, 0.29) is 5.91 Å². The van der Waals surface area contributed by atoms with Crippen molar-refractivity contribution in [2.45, 2.75) is 25.7 Å². The van der Waals surface area contributed by atoms with E-state index in [0.29, 0.717) is 22.8 Å². The van der Waals surface area contributed by atoms with Gasteiger partial charge in [0.15, 0.2) is 5.76 Å². The summed E-state index contributed by atoms with van der Waals surface area (Å²) in [5.41, 5.74) is 3.82. The van der Waals surface area contributed by atoms with Crippen molar-refractivity contribution in [1.82, 2.24) is 25.0 Å². The molecule has 0 bridgehead atoms. The normalized spacial score (nSPS) is 13.6. The molecule has 1 amide bonds. The maximum Gasteiger partial charge on any atom is 0.234 e. The molecule has 5 rings (SSSR count). The predicted molar refractivity (Wildman–Crippen MR) is 120 cm³/mol. The number of likely N-dealkylation sites (tertiary alicyclic amines) is 1. The van der Waals surface area contributed by atoms with Gasteiger partial charge < -0.3 is 9.42 Å². The highest BCUT2D eigenvalue weighted by atomic mass is 16.5. The molecule has 0 saturated carbocycles. The molecule has 7 nitrogen and oxygen atoms in total. The van der Waals surface area contributed by atoms with Gasteiger partial charge in [0.25, 0.3) is 0 Å². The quantitative estimate of drug-likeness (QED) is 0.472. The van der Waals surface area contributed by atoms with Gasteiger partial charge >= 0.3 is 0 Å². The molecule has 4 heterocycles. The zero-order valence-corrected chi connectivity index (χ0v) is 18.0. The number of pyridine rings is 1. The monoisotopic (exact) mass is 425 g/mol. The molecular weight excluding hydrogens is 402 g/mol. The van der Waals surface area contributed by atoms with E-state index in [2.05, 4.69) is 15.1 Å². The number of hydrogen-bond donors (Lipinski definition) is 0. The van der Waals surface area contributed by atoms with Crippen molar-refractivity contribution in [3.63, 3.8) is 0 Å². The first kappa shape index (κ1) is 20.1. The molecule has 0 N–H and O–H groups in total. The van der Waals surface area contributed by atoms with Crippen LogP contribution in [0, 0.1) is 0 Å². The highest BCUT2D eigenvalue weighted by Crippen LogP contribution is 2.30. The van der Waals surface area contributed by atoms with E-state index in [9.17, 15) is 4.79 Å². The van der Waals surface area contributed by atoms with Crippen LogP contribution < -0.4 is 0 Å². The van der Waals surface area contributed by atoms with Gasteiger partial charge in [-0.25, -0.2) is 4.98 Å². The highest BCUT2D eigenvalue weighted by Gasteiger charge is 2.37. The Labute approximate surface area is 186 Å². The van der Waals surface area contributed by atoms with Crippen molar-refractivity contribution in [2.75, 3.05) is 13.1 Å². The Morgan fingerprint density at radius 1 is 0.969 bits per heavy atom. The average Bonchev–Trinajstić information content (AvgIpc) is 3.29. The van der Waals surface area contributed by atoms with Crippen LogP contribution in [0.2, 0.25) is 0 Å². The van der Waals surface area contributed by atoms with Crippen molar-refractivity contribution >= 4 is 5.91 Å². The number of amides is 1. The summed E-state index contributed by atoms with van der Waals surface area (Å²) in [5, 5.41) is 4.17. The molecule has 1 aliphatic heterocycles. The minimum atomic E-state index is -0.711. The van der Waals surface area contributed by atoms with Gasteiger partial charge in [-0.3, -0.25) is 14.8 Å². The third-order valence-electron chi connectivity index (χ3n) is 5.84. The summed E-state index contributed by atoms with van der Waals surface area (Å²) >= 11 is 0. The lowest BCUT2D eigenvalue weighted by Gasteiger charge is -2.37. The van der Waals surface area contributed by atoms with Crippen molar-refractivity contribution in [1.29, 1.82) is 0 Å². The second kappa shape index (κ2) is 8.00. The second-order valence-corrected chi connectivity index (χ2v) is 8.43. The minimum absolute atomic E-state index is 0.100. The Kier molecular flexibility index (Phi) is 5.01. The van der Waals surface area contributed by atoms with Gasteiger partial charge in [-0.05, 0) is 32.4 Å². The van der Waals surface area contributed by atoms with Gasteiger partial charge in [-0.15, -0.1) is 0 Å². The smallest absolute Gasteiger partial charge is 0.234 e. The molecular formula is C25H23N5O2. The minimum Gasteiger partial charge on any atom is -0.354 e. The first-order valence-corrected chi connectivity index (χ1v) is 10.6. The van der Waals surface area contributed by atoms with E-state index in [1.54, 1.807) is 18.6 Å². The number of aromatic nitrogens is 4. The summed E-state index contributed by atoms with van der Waals surface area (Å²) in [4.78, 5) is 28.3. The van der Waals surface area contributed by atoms with Gasteiger partial charge in [-0.2, -0.15) is 0 Å². The van der Waals surface area contributed by atoms with Crippen LogP contribution in [0.3, 0.4) is 0 Å². The molecule has 3 aromatic heterocycles. The Hall–Kier alpha value is -3.87. The molecule has 7 heteroatoms. The van der Waals surface area contributed by atoms with Crippen LogP contribution >= 0.6 is 0 Å². The Bertz CT molecular complexity index is 1260. The summed E-state index contributed by atoms with van der Waals surface area (Å²) in [6, 6.07) is 15.5. The Morgan fingerprint density at radius 2 is 1.75 bits per heavy atom. The molecule has 32 heavy (non-hydrogen) atoms. The molecule has 4 aromatic rings.